The summed E-state index contributed by atoms with van der Waals surface area (Å²) in [7, 11) is 4.56. The second-order valence-electron chi connectivity index (χ2n) is 6.20. The lowest BCUT2D eigenvalue weighted by atomic mass is 10.0. The Labute approximate surface area is 164 Å². The molecule has 0 unspecified atom stereocenters. The van der Waals surface area contributed by atoms with Crippen molar-refractivity contribution in [3.63, 3.8) is 0 Å². The summed E-state index contributed by atoms with van der Waals surface area (Å²) in [5.74, 6) is 1.08. The highest BCUT2D eigenvalue weighted by Crippen LogP contribution is 2.38. The molecular formula is C23H23NO4. The average molecular weight is 377 g/mol. The zero-order chi connectivity index (χ0) is 20.1. The minimum Gasteiger partial charge on any atom is -0.493 e. The molecule has 0 saturated carbocycles. The van der Waals surface area contributed by atoms with Crippen LogP contribution in [0.25, 0.3) is 11.3 Å². The summed E-state index contributed by atoms with van der Waals surface area (Å²) in [6, 6.07) is 16.9. The van der Waals surface area contributed by atoms with E-state index in [0.29, 0.717) is 28.5 Å². The van der Waals surface area contributed by atoms with E-state index in [9.17, 15) is 4.79 Å². The van der Waals surface area contributed by atoms with Gasteiger partial charge in [0.05, 0.1) is 27.0 Å². The van der Waals surface area contributed by atoms with Crippen molar-refractivity contribution in [1.82, 2.24) is 4.98 Å². The summed E-state index contributed by atoms with van der Waals surface area (Å²) in [6.07, 6.45) is 0.980. The van der Waals surface area contributed by atoms with Gasteiger partial charge >= 0.3 is 0 Å². The van der Waals surface area contributed by atoms with Gasteiger partial charge in [0.2, 0.25) is 11.5 Å². The van der Waals surface area contributed by atoms with E-state index in [1.165, 1.54) is 26.9 Å². The average Bonchev–Trinajstić information content (AvgIpc) is 2.77. The van der Waals surface area contributed by atoms with E-state index in [1.54, 1.807) is 18.2 Å². The van der Waals surface area contributed by atoms with Crippen LogP contribution in [0.5, 0.6) is 17.2 Å². The minimum atomic E-state index is -0.216. The van der Waals surface area contributed by atoms with Crippen molar-refractivity contribution >= 4 is 5.78 Å². The van der Waals surface area contributed by atoms with Gasteiger partial charge < -0.3 is 14.2 Å². The minimum absolute atomic E-state index is 0.216. The Balaban J connectivity index is 1.99. The van der Waals surface area contributed by atoms with Gasteiger partial charge in [-0.1, -0.05) is 37.3 Å². The van der Waals surface area contributed by atoms with Gasteiger partial charge in [-0.3, -0.25) is 4.79 Å². The molecule has 0 aliphatic heterocycles. The highest BCUT2D eigenvalue weighted by atomic mass is 16.5. The molecule has 0 saturated heterocycles. The van der Waals surface area contributed by atoms with Gasteiger partial charge in [0.1, 0.15) is 5.69 Å². The monoisotopic (exact) mass is 377 g/mol. The van der Waals surface area contributed by atoms with Crippen LogP contribution >= 0.6 is 0 Å². The van der Waals surface area contributed by atoms with Crippen molar-refractivity contribution in [2.75, 3.05) is 21.3 Å². The molecule has 3 aromatic rings. The highest BCUT2D eigenvalue weighted by molar-refractivity contribution is 6.08. The quantitative estimate of drug-likeness (QED) is 0.565. The van der Waals surface area contributed by atoms with Crippen LogP contribution in [0, 0.1) is 0 Å². The van der Waals surface area contributed by atoms with Gasteiger partial charge in [-0.05, 0) is 36.2 Å². The van der Waals surface area contributed by atoms with Crippen LogP contribution in [0.4, 0.5) is 0 Å². The number of carbonyl (C=O) groups excluding carboxylic acids is 1. The lowest BCUT2D eigenvalue weighted by Gasteiger charge is -2.13. The summed E-state index contributed by atoms with van der Waals surface area (Å²) in [4.78, 5) is 17.6. The molecule has 1 aromatic heterocycles. The van der Waals surface area contributed by atoms with Crippen molar-refractivity contribution in [2.24, 2.45) is 0 Å². The Morgan fingerprint density at radius 2 is 1.54 bits per heavy atom. The molecule has 0 N–H and O–H groups in total. The van der Waals surface area contributed by atoms with Crippen LogP contribution < -0.4 is 14.2 Å². The van der Waals surface area contributed by atoms with Crippen molar-refractivity contribution in [2.45, 2.75) is 13.3 Å². The third-order valence-corrected chi connectivity index (χ3v) is 4.57. The van der Waals surface area contributed by atoms with E-state index in [-0.39, 0.29) is 5.78 Å². The number of hydrogen-bond acceptors (Lipinski definition) is 5. The van der Waals surface area contributed by atoms with Crippen LogP contribution in [-0.2, 0) is 6.42 Å². The second-order valence-corrected chi connectivity index (χ2v) is 6.20. The molecular weight excluding hydrogens is 354 g/mol. The van der Waals surface area contributed by atoms with Gasteiger partial charge in [0.15, 0.2) is 11.5 Å². The van der Waals surface area contributed by atoms with Crippen LogP contribution in [-0.4, -0.2) is 32.1 Å². The largest absolute Gasteiger partial charge is 0.493 e. The van der Waals surface area contributed by atoms with E-state index < -0.39 is 0 Å². The maximum Gasteiger partial charge on any atom is 0.211 e. The fraction of sp³-hybridized carbons (Fsp3) is 0.217. The Hall–Kier alpha value is -3.34. The molecule has 5 nitrogen and oxygen atoms in total. The number of methoxy groups -OCH3 is 3. The van der Waals surface area contributed by atoms with Crippen LogP contribution in [0.1, 0.15) is 28.5 Å². The molecule has 2 aromatic carbocycles. The Kier molecular flexibility index (Phi) is 5.94. The van der Waals surface area contributed by atoms with Crippen LogP contribution in [0.2, 0.25) is 0 Å². The molecule has 28 heavy (non-hydrogen) atoms. The lowest BCUT2D eigenvalue weighted by Crippen LogP contribution is -2.06. The fourth-order valence-corrected chi connectivity index (χ4v) is 2.99. The summed E-state index contributed by atoms with van der Waals surface area (Å²) < 4.78 is 16.0. The molecule has 0 bridgehead atoms. The second kappa shape index (κ2) is 8.57. The molecule has 0 aliphatic carbocycles. The summed E-state index contributed by atoms with van der Waals surface area (Å²) in [6.45, 7) is 2.12. The molecule has 0 amide bonds. The molecule has 1 heterocycles. The smallest absolute Gasteiger partial charge is 0.211 e. The van der Waals surface area contributed by atoms with Crippen molar-refractivity contribution in [3.8, 4) is 28.5 Å². The number of aryl methyl sites for hydroxylation is 1. The molecule has 0 spiro atoms. The molecule has 3 rings (SSSR count). The molecule has 5 heteroatoms. The summed E-state index contributed by atoms with van der Waals surface area (Å²) in [5.41, 5.74) is 3.75. The number of aromatic nitrogens is 1. The van der Waals surface area contributed by atoms with Crippen molar-refractivity contribution in [1.29, 1.82) is 0 Å². The predicted molar refractivity (Wildman–Crippen MR) is 109 cm³/mol. The molecule has 0 aliphatic rings. The topological polar surface area (TPSA) is 57.7 Å². The Bertz CT molecular complexity index is 955. The first-order valence-corrected chi connectivity index (χ1v) is 9.02. The van der Waals surface area contributed by atoms with Gasteiger partial charge in [-0.25, -0.2) is 4.98 Å². The van der Waals surface area contributed by atoms with Gasteiger partial charge in [-0.15, -0.1) is 0 Å². The maximum absolute atomic E-state index is 13.1. The maximum atomic E-state index is 13.1. The highest BCUT2D eigenvalue weighted by Gasteiger charge is 2.19. The van der Waals surface area contributed by atoms with E-state index in [1.807, 2.05) is 24.3 Å². The molecule has 144 valence electrons. The number of pyridine rings is 1. The summed E-state index contributed by atoms with van der Waals surface area (Å²) >= 11 is 0. The zero-order valence-corrected chi connectivity index (χ0v) is 16.5. The van der Waals surface area contributed by atoms with E-state index in [4.69, 9.17) is 14.2 Å². The van der Waals surface area contributed by atoms with Gasteiger partial charge in [0, 0.05) is 11.1 Å². The normalized spacial score (nSPS) is 10.4. The molecule has 0 atom stereocenters. The van der Waals surface area contributed by atoms with Crippen LogP contribution in [0.15, 0.2) is 54.6 Å². The standard InChI is InChI=1S/C23H23NO4/c1-5-15-9-11-16(12-10-15)18-7-6-8-19(24-18)22(25)17-13-20(26-2)23(28-4)21(14-17)27-3/h6-14H,5H2,1-4H3. The van der Waals surface area contributed by atoms with Gasteiger partial charge in [0.25, 0.3) is 0 Å². The van der Waals surface area contributed by atoms with Crippen molar-refractivity contribution in [3.05, 3.63) is 71.4 Å². The van der Waals surface area contributed by atoms with E-state index in [2.05, 4.69) is 24.0 Å². The Morgan fingerprint density at radius 1 is 0.893 bits per heavy atom. The number of hydrogen-bond donors (Lipinski definition) is 0. The van der Waals surface area contributed by atoms with E-state index in [0.717, 1.165) is 17.7 Å². The zero-order valence-electron chi connectivity index (χ0n) is 16.5. The first-order chi connectivity index (χ1) is 13.6. The van der Waals surface area contributed by atoms with Gasteiger partial charge in [-0.2, -0.15) is 0 Å². The first-order valence-electron chi connectivity index (χ1n) is 9.02. The third kappa shape index (κ3) is 3.83. The number of ketones is 1. The van der Waals surface area contributed by atoms with Crippen molar-refractivity contribution < 1.29 is 19.0 Å². The van der Waals surface area contributed by atoms with E-state index >= 15 is 0 Å². The number of carbonyl (C=O) groups is 1. The predicted octanol–water partition coefficient (Wildman–Crippen LogP) is 4.57. The first kappa shape index (κ1) is 19.4. The lowest BCUT2D eigenvalue weighted by molar-refractivity contribution is 0.103. The third-order valence-electron chi connectivity index (χ3n) is 4.57. The molecule has 0 fully saturated rings. The summed E-state index contributed by atoms with van der Waals surface area (Å²) in [5, 5.41) is 0. The number of benzene rings is 2. The van der Waals surface area contributed by atoms with Crippen LogP contribution in [0.3, 0.4) is 0 Å². The number of rotatable bonds is 7. The molecule has 0 radical (unpaired) electrons. The fourth-order valence-electron chi connectivity index (χ4n) is 2.99. The Morgan fingerprint density at radius 3 is 2.07 bits per heavy atom. The number of nitrogens with zero attached hydrogens (tertiary/aromatic N) is 1. The SMILES string of the molecule is CCc1ccc(-c2cccc(C(=O)c3cc(OC)c(OC)c(OC)c3)n2)cc1. The number of ether oxygens (including phenoxy) is 3.